The topological polar surface area (TPSA) is 47.3 Å². The number of fused-ring (bicyclic) bond motifs is 2. The zero-order chi connectivity index (χ0) is 19.1. The molecular formula is C22H26Cl2N2O. The molecule has 0 unspecified atom stereocenters. The van der Waals surface area contributed by atoms with Crippen molar-refractivity contribution in [2.75, 3.05) is 11.4 Å². The third kappa shape index (κ3) is 3.85. The lowest BCUT2D eigenvalue weighted by molar-refractivity contribution is 0.439. The van der Waals surface area contributed by atoms with E-state index in [1.165, 1.54) is 0 Å². The van der Waals surface area contributed by atoms with Crippen LogP contribution in [0.4, 0.5) is 11.4 Å². The van der Waals surface area contributed by atoms with Gasteiger partial charge in [0, 0.05) is 39.8 Å². The minimum absolute atomic E-state index is 0. The van der Waals surface area contributed by atoms with Crippen LogP contribution in [0.15, 0.2) is 48.2 Å². The highest BCUT2D eigenvalue weighted by atomic mass is 35.5. The number of aliphatic hydroxyl groups is 1. The number of aliphatic hydroxyl groups excluding tert-OH is 1. The van der Waals surface area contributed by atoms with Gasteiger partial charge in [-0.3, -0.25) is 0 Å². The fourth-order valence-corrected chi connectivity index (χ4v) is 3.87. The van der Waals surface area contributed by atoms with E-state index in [0.717, 1.165) is 22.5 Å². The fourth-order valence-electron chi connectivity index (χ4n) is 3.53. The monoisotopic (exact) mass is 404 g/mol. The Hall–Kier alpha value is -1.97. The van der Waals surface area contributed by atoms with Crippen LogP contribution in [0.1, 0.15) is 45.7 Å². The zero-order valence-corrected chi connectivity index (χ0v) is 16.6. The number of allylic oxidation sites excluding steroid dienone is 2. The standard InChI is InChI=1S/C21H22Cl2N2O.CH4/c1-4-20(26)17(24)9-10-25-18-7-5-13(22)11-15(18)21(2,3)16-12-14(23)6-8-19(16)25;/h4-8,11-12,24,26H,9-10H2,1-3H3;1H4/b20-4+,24-17?;. The van der Waals surface area contributed by atoms with Gasteiger partial charge >= 0.3 is 0 Å². The first-order valence-corrected chi connectivity index (χ1v) is 9.32. The molecule has 0 radical (unpaired) electrons. The van der Waals surface area contributed by atoms with E-state index in [0.29, 0.717) is 23.0 Å². The van der Waals surface area contributed by atoms with Gasteiger partial charge in [0.2, 0.25) is 0 Å². The first-order valence-electron chi connectivity index (χ1n) is 8.56. The molecule has 2 aromatic rings. The Balaban J connectivity index is 0.00000261. The first-order chi connectivity index (χ1) is 12.3. The van der Waals surface area contributed by atoms with Crippen LogP contribution in [0.5, 0.6) is 0 Å². The highest BCUT2D eigenvalue weighted by molar-refractivity contribution is 6.31. The van der Waals surface area contributed by atoms with Crippen LogP contribution in [0, 0.1) is 5.41 Å². The van der Waals surface area contributed by atoms with Crippen molar-refractivity contribution in [2.24, 2.45) is 0 Å². The van der Waals surface area contributed by atoms with Crippen LogP contribution in [-0.4, -0.2) is 17.4 Å². The van der Waals surface area contributed by atoms with Gasteiger partial charge in [-0.25, -0.2) is 0 Å². The maximum Gasteiger partial charge on any atom is 0.132 e. The molecule has 2 aromatic carbocycles. The number of anilines is 2. The summed E-state index contributed by atoms with van der Waals surface area (Å²) < 4.78 is 0. The molecule has 3 rings (SSSR count). The Labute approximate surface area is 171 Å². The van der Waals surface area contributed by atoms with Gasteiger partial charge in [-0.1, -0.05) is 44.5 Å². The number of benzene rings is 2. The lowest BCUT2D eigenvalue weighted by Crippen LogP contribution is -2.34. The van der Waals surface area contributed by atoms with Gasteiger partial charge in [0.25, 0.3) is 0 Å². The van der Waals surface area contributed by atoms with Gasteiger partial charge in [0.1, 0.15) is 5.76 Å². The Bertz CT molecular complexity index is 848. The van der Waals surface area contributed by atoms with Crippen LogP contribution in [0.2, 0.25) is 10.0 Å². The van der Waals surface area contributed by atoms with Gasteiger partial charge in [-0.05, 0) is 60.5 Å². The normalized spacial score (nSPS) is 14.9. The third-order valence-electron chi connectivity index (χ3n) is 5.01. The Morgan fingerprint density at radius 1 is 1.07 bits per heavy atom. The number of halogens is 2. The molecular weight excluding hydrogens is 379 g/mol. The Kier molecular flexibility index (Phi) is 6.28. The molecule has 0 bridgehead atoms. The SMILES string of the molecule is C.C/C=C(/O)C(=N)CCN1c2ccc(Cl)cc2C(C)(C)c2cc(Cl)ccc21. The Morgan fingerprint density at radius 3 is 2.00 bits per heavy atom. The van der Waals surface area contributed by atoms with Crippen LogP contribution in [0.3, 0.4) is 0 Å². The maximum atomic E-state index is 9.79. The number of rotatable bonds is 4. The molecule has 3 nitrogen and oxygen atoms in total. The minimum Gasteiger partial charge on any atom is -0.506 e. The lowest BCUT2D eigenvalue weighted by Gasteiger charge is -2.42. The van der Waals surface area contributed by atoms with Gasteiger partial charge < -0.3 is 15.4 Å². The summed E-state index contributed by atoms with van der Waals surface area (Å²) in [6.07, 6.45) is 1.98. The van der Waals surface area contributed by atoms with Crippen molar-refractivity contribution < 1.29 is 5.11 Å². The average Bonchev–Trinajstić information content (AvgIpc) is 2.61. The quantitative estimate of drug-likeness (QED) is 0.415. The van der Waals surface area contributed by atoms with E-state index in [1.54, 1.807) is 13.0 Å². The molecule has 0 fully saturated rings. The van der Waals surface area contributed by atoms with Crippen LogP contribution < -0.4 is 4.90 Å². The molecule has 0 aliphatic carbocycles. The second kappa shape index (κ2) is 7.95. The largest absolute Gasteiger partial charge is 0.506 e. The average molecular weight is 405 g/mol. The maximum absolute atomic E-state index is 9.79. The van der Waals surface area contributed by atoms with Gasteiger partial charge in [0.15, 0.2) is 0 Å². The Morgan fingerprint density at radius 2 is 1.56 bits per heavy atom. The summed E-state index contributed by atoms with van der Waals surface area (Å²) in [7, 11) is 0. The summed E-state index contributed by atoms with van der Waals surface area (Å²) in [5.74, 6) is 0.0231. The van der Waals surface area contributed by atoms with Crippen molar-refractivity contribution in [3.8, 4) is 0 Å². The molecule has 0 amide bonds. The molecule has 0 saturated heterocycles. The molecule has 1 aliphatic rings. The number of nitrogens with one attached hydrogen (secondary N) is 1. The number of nitrogens with zero attached hydrogens (tertiary/aromatic N) is 1. The summed E-state index contributed by atoms with van der Waals surface area (Å²) in [6, 6.07) is 11.8. The second-order valence-electron chi connectivity index (χ2n) is 7.00. The van der Waals surface area contributed by atoms with E-state index in [4.69, 9.17) is 28.6 Å². The molecule has 27 heavy (non-hydrogen) atoms. The molecule has 2 N–H and O–H groups in total. The summed E-state index contributed by atoms with van der Waals surface area (Å²) in [6.45, 7) is 6.64. The summed E-state index contributed by atoms with van der Waals surface area (Å²) in [5, 5.41) is 19.2. The zero-order valence-electron chi connectivity index (χ0n) is 15.1. The predicted octanol–water partition coefficient (Wildman–Crippen LogP) is 7.28. The van der Waals surface area contributed by atoms with Crippen LogP contribution in [-0.2, 0) is 5.41 Å². The molecule has 1 aliphatic heterocycles. The van der Waals surface area contributed by atoms with E-state index < -0.39 is 0 Å². The number of hydrogen-bond acceptors (Lipinski definition) is 3. The third-order valence-corrected chi connectivity index (χ3v) is 5.48. The van der Waals surface area contributed by atoms with Crippen molar-refractivity contribution in [1.82, 2.24) is 0 Å². The molecule has 0 saturated carbocycles. The van der Waals surface area contributed by atoms with E-state index >= 15 is 0 Å². The van der Waals surface area contributed by atoms with E-state index in [-0.39, 0.29) is 24.3 Å². The molecule has 0 atom stereocenters. The predicted molar refractivity (Wildman–Crippen MR) is 117 cm³/mol. The van der Waals surface area contributed by atoms with E-state index in [9.17, 15) is 5.11 Å². The number of hydrogen-bond donors (Lipinski definition) is 2. The van der Waals surface area contributed by atoms with Crippen LogP contribution >= 0.6 is 23.2 Å². The minimum atomic E-state index is -0.240. The van der Waals surface area contributed by atoms with Crippen molar-refractivity contribution in [2.45, 2.75) is 40.0 Å². The first kappa shape index (κ1) is 21.3. The smallest absolute Gasteiger partial charge is 0.132 e. The summed E-state index contributed by atoms with van der Waals surface area (Å²) >= 11 is 12.6. The van der Waals surface area contributed by atoms with E-state index in [2.05, 4.69) is 18.7 Å². The van der Waals surface area contributed by atoms with E-state index in [1.807, 2.05) is 36.4 Å². The van der Waals surface area contributed by atoms with Crippen molar-refractivity contribution in [3.05, 3.63) is 69.4 Å². The van der Waals surface area contributed by atoms with Crippen molar-refractivity contribution >= 4 is 40.3 Å². The van der Waals surface area contributed by atoms with Crippen molar-refractivity contribution in [3.63, 3.8) is 0 Å². The van der Waals surface area contributed by atoms with Gasteiger partial charge in [-0.2, -0.15) is 0 Å². The van der Waals surface area contributed by atoms with Crippen LogP contribution in [0.25, 0.3) is 0 Å². The highest BCUT2D eigenvalue weighted by Crippen LogP contribution is 2.50. The summed E-state index contributed by atoms with van der Waals surface area (Å²) in [5.41, 5.74) is 4.38. The summed E-state index contributed by atoms with van der Waals surface area (Å²) in [4.78, 5) is 2.18. The molecule has 0 spiro atoms. The van der Waals surface area contributed by atoms with Gasteiger partial charge in [0.05, 0.1) is 5.71 Å². The molecule has 1 heterocycles. The highest BCUT2D eigenvalue weighted by Gasteiger charge is 2.36. The molecule has 144 valence electrons. The van der Waals surface area contributed by atoms with Crippen molar-refractivity contribution in [1.29, 1.82) is 5.41 Å². The molecule has 5 heteroatoms. The lowest BCUT2D eigenvalue weighted by atomic mass is 9.73. The molecule has 0 aromatic heterocycles. The second-order valence-corrected chi connectivity index (χ2v) is 7.87. The fraction of sp³-hybridized carbons (Fsp3) is 0.318. The van der Waals surface area contributed by atoms with Gasteiger partial charge in [-0.15, -0.1) is 0 Å².